The lowest BCUT2D eigenvalue weighted by molar-refractivity contribution is 0.0873. The highest BCUT2D eigenvalue weighted by molar-refractivity contribution is 6.32. The second kappa shape index (κ2) is 8.02. The number of pyridine rings is 1. The maximum atomic E-state index is 12.8. The number of halogens is 1. The first-order valence-electron chi connectivity index (χ1n) is 9.50. The van der Waals surface area contributed by atoms with Crippen molar-refractivity contribution in [2.75, 3.05) is 0 Å². The number of amides is 1. The van der Waals surface area contributed by atoms with E-state index >= 15 is 0 Å². The minimum atomic E-state index is -0.168. The molecule has 0 aliphatic carbocycles. The molecule has 2 N–H and O–H groups in total. The largest absolute Gasteiger partial charge is 0.454 e. The van der Waals surface area contributed by atoms with Gasteiger partial charge in [0, 0.05) is 41.1 Å². The van der Waals surface area contributed by atoms with Gasteiger partial charge >= 0.3 is 0 Å². The average Bonchev–Trinajstić information content (AvgIpc) is 2.61. The molecule has 7 heteroatoms. The van der Waals surface area contributed by atoms with Gasteiger partial charge in [-0.15, -0.1) is 0 Å². The number of benzene rings is 1. The Morgan fingerprint density at radius 2 is 1.93 bits per heavy atom. The van der Waals surface area contributed by atoms with E-state index < -0.39 is 0 Å². The lowest BCUT2D eigenvalue weighted by Crippen LogP contribution is -2.62. The molecule has 0 bridgehead atoms. The molecule has 0 unspecified atom stereocenters. The van der Waals surface area contributed by atoms with Gasteiger partial charge in [-0.25, -0.2) is 0 Å². The summed E-state index contributed by atoms with van der Waals surface area (Å²) in [5, 5.41) is 16.2. The van der Waals surface area contributed by atoms with Gasteiger partial charge in [0.25, 0.3) is 5.91 Å². The van der Waals surface area contributed by atoms with E-state index in [1.807, 2.05) is 6.07 Å². The van der Waals surface area contributed by atoms with Crippen LogP contribution in [0.15, 0.2) is 36.7 Å². The van der Waals surface area contributed by atoms with Gasteiger partial charge in [-0.2, -0.15) is 5.26 Å². The summed E-state index contributed by atoms with van der Waals surface area (Å²) in [6.45, 7) is 8.57. The van der Waals surface area contributed by atoms with E-state index in [1.54, 1.807) is 24.3 Å². The van der Waals surface area contributed by atoms with Crippen molar-refractivity contribution in [3.05, 3.63) is 52.8 Å². The van der Waals surface area contributed by atoms with Gasteiger partial charge in [0.05, 0.1) is 5.02 Å². The predicted molar refractivity (Wildman–Crippen MR) is 112 cm³/mol. The number of piperidine rings is 1. The normalized spacial score (nSPS) is 17.9. The van der Waals surface area contributed by atoms with Crippen LogP contribution in [0.4, 0.5) is 0 Å². The molecule has 1 fully saturated rings. The van der Waals surface area contributed by atoms with E-state index in [4.69, 9.17) is 21.6 Å². The van der Waals surface area contributed by atoms with Gasteiger partial charge in [0.15, 0.2) is 0 Å². The summed E-state index contributed by atoms with van der Waals surface area (Å²) in [7, 11) is 0. The highest BCUT2D eigenvalue weighted by Crippen LogP contribution is 2.32. The molecular weight excluding hydrogens is 388 g/mol. The second-order valence-corrected chi connectivity index (χ2v) is 9.11. The molecule has 0 radical (unpaired) electrons. The van der Waals surface area contributed by atoms with Gasteiger partial charge in [0.2, 0.25) is 0 Å². The number of nitrogens with zero attached hydrogens (tertiary/aromatic N) is 2. The summed E-state index contributed by atoms with van der Waals surface area (Å²) < 4.78 is 5.74. The van der Waals surface area contributed by atoms with Crippen LogP contribution in [0.25, 0.3) is 0 Å². The monoisotopic (exact) mass is 412 g/mol. The Hall–Kier alpha value is -2.62. The van der Waals surface area contributed by atoms with Crippen molar-refractivity contribution >= 4 is 17.5 Å². The Labute approximate surface area is 176 Å². The van der Waals surface area contributed by atoms with E-state index in [0.717, 1.165) is 12.8 Å². The Kier molecular flexibility index (Phi) is 5.83. The lowest BCUT2D eigenvalue weighted by Gasteiger charge is -2.46. The second-order valence-electron chi connectivity index (χ2n) is 8.70. The Morgan fingerprint density at radius 3 is 2.55 bits per heavy atom. The average molecular weight is 413 g/mol. The third-order valence-electron chi connectivity index (χ3n) is 4.84. The zero-order chi connectivity index (χ0) is 21.2. The van der Waals surface area contributed by atoms with Crippen LogP contribution in [-0.2, 0) is 0 Å². The first-order valence-corrected chi connectivity index (χ1v) is 9.88. The number of nitriles is 1. The van der Waals surface area contributed by atoms with Crippen molar-refractivity contribution in [2.45, 2.75) is 57.7 Å². The van der Waals surface area contributed by atoms with Crippen molar-refractivity contribution in [1.82, 2.24) is 15.6 Å². The van der Waals surface area contributed by atoms with Crippen molar-refractivity contribution in [1.29, 1.82) is 5.26 Å². The van der Waals surface area contributed by atoms with Gasteiger partial charge in [0.1, 0.15) is 23.1 Å². The third kappa shape index (κ3) is 5.26. The van der Waals surface area contributed by atoms with E-state index in [-0.39, 0.29) is 23.0 Å². The van der Waals surface area contributed by atoms with Crippen LogP contribution in [0.5, 0.6) is 11.5 Å². The predicted octanol–water partition coefficient (Wildman–Crippen LogP) is 4.44. The summed E-state index contributed by atoms with van der Waals surface area (Å²) in [6.07, 6.45) is 4.65. The fourth-order valence-electron chi connectivity index (χ4n) is 4.09. The van der Waals surface area contributed by atoms with E-state index in [9.17, 15) is 4.79 Å². The molecule has 2 aromatic rings. The molecule has 152 valence electrons. The van der Waals surface area contributed by atoms with E-state index in [1.165, 1.54) is 12.4 Å². The number of hydrogen-bond acceptors (Lipinski definition) is 5. The number of carbonyl (C=O) groups is 1. The van der Waals surface area contributed by atoms with Crippen molar-refractivity contribution in [3.8, 4) is 17.6 Å². The topological polar surface area (TPSA) is 87.0 Å². The van der Waals surface area contributed by atoms with E-state index in [0.29, 0.717) is 27.6 Å². The smallest absolute Gasteiger partial charge is 0.251 e. The van der Waals surface area contributed by atoms with Gasteiger partial charge in [-0.05, 0) is 58.7 Å². The van der Waals surface area contributed by atoms with Crippen LogP contribution in [0, 0.1) is 11.3 Å². The standard InChI is InChI=1S/C22H25ClN4O2/c1-21(2)10-16(11-22(3,4)27-21)26-20(28)14-5-6-19(17(23)9-14)29-18-7-8-25-13-15(18)12-24/h5-9,13,16,27H,10-11H2,1-4H3,(H,26,28). The van der Waals surface area contributed by atoms with Crippen molar-refractivity contribution in [2.24, 2.45) is 0 Å². The Bertz CT molecular complexity index is 950. The highest BCUT2D eigenvalue weighted by atomic mass is 35.5. The van der Waals surface area contributed by atoms with Crippen LogP contribution < -0.4 is 15.4 Å². The van der Waals surface area contributed by atoms with Gasteiger partial charge in [-0.1, -0.05) is 11.6 Å². The lowest BCUT2D eigenvalue weighted by atomic mass is 9.79. The van der Waals surface area contributed by atoms with E-state index in [2.05, 4.69) is 43.3 Å². The molecule has 1 aromatic heterocycles. The fraction of sp³-hybridized carbons (Fsp3) is 0.409. The molecule has 1 aromatic carbocycles. The van der Waals surface area contributed by atoms with Gasteiger partial charge < -0.3 is 15.4 Å². The number of hydrogen-bond donors (Lipinski definition) is 2. The molecule has 6 nitrogen and oxygen atoms in total. The van der Waals surface area contributed by atoms with Crippen LogP contribution >= 0.6 is 11.6 Å². The summed E-state index contributed by atoms with van der Waals surface area (Å²) >= 11 is 6.34. The molecule has 1 saturated heterocycles. The van der Waals surface area contributed by atoms with Crippen molar-refractivity contribution < 1.29 is 9.53 Å². The van der Waals surface area contributed by atoms with Crippen LogP contribution in [0.3, 0.4) is 0 Å². The molecule has 2 heterocycles. The molecule has 1 aliphatic heterocycles. The Balaban J connectivity index is 1.73. The number of carbonyl (C=O) groups excluding carboxylic acids is 1. The quantitative estimate of drug-likeness (QED) is 0.775. The molecule has 1 aliphatic rings. The van der Waals surface area contributed by atoms with Crippen LogP contribution in [-0.4, -0.2) is 28.0 Å². The molecule has 29 heavy (non-hydrogen) atoms. The van der Waals surface area contributed by atoms with Crippen LogP contribution in [0.1, 0.15) is 56.5 Å². The molecule has 0 saturated carbocycles. The fourth-order valence-corrected chi connectivity index (χ4v) is 4.31. The summed E-state index contributed by atoms with van der Waals surface area (Å²) in [5.41, 5.74) is 0.657. The third-order valence-corrected chi connectivity index (χ3v) is 5.14. The highest BCUT2D eigenvalue weighted by Gasteiger charge is 2.38. The number of nitrogens with one attached hydrogen (secondary N) is 2. The molecular formula is C22H25ClN4O2. The molecule has 0 atom stereocenters. The summed E-state index contributed by atoms with van der Waals surface area (Å²) in [6, 6.07) is 8.57. The van der Waals surface area contributed by atoms with Crippen LogP contribution in [0.2, 0.25) is 5.02 Å². The Morgan fingerprint density at radius 1 is 1.24 bits per heavy atom. The maximum Gasteiger partial charge on any atom is 0.251 e. The maximum absolute atomic E-state index is 12.8. The number of rotatable bonds is 4. The zero-order valence-corrected chi connectivity index (χ0v) is 17.8. The summed E-state index contributed by atoms with van der Waals surface area (Å²) in [4.78, 5) is 16.7. The SMILES string of the molecule is CC1(C)CC(NC(=O)c2ccc(Oc3ccncc3C#N)c(Cl)c2)CC(C)(C)N1. The van der Waals surface area contributed by atoms with Gasteiger partial charge in [-0.3, -0.25) is 9.78 Å². The minimum absolute atomic E-state index is 0.0575. The zero-order valence-electron chi connectivity index (χ0n) is 17.0. The minimum Gasteiger partial charge on any atom is -0.454 e. The van der Waals surface area contributed by atoms with Crippen molar-refractivity contribution in [3.63, 3.8) is 0 Å². The summed E-state index contributed by atoms with van der Waals surface area (Å²) in [5.74, 6) is 0.564. The first-order chi connectivity index (χ1) is 13.6. The molecule has 1 amide bonds. The molecule has 3 rings (SSSR count). The number of ether oxygens (including phenoxy) is 1. The number of aromatic nitrogens is 1. The first kappa shape index (κ1) is 21.1. The molecule has 0 spiro atoms.